The second kappa shape index (κ2) is 18.3. The van der Waals surface area contributed by atoms with Gasteiger partial charge < -0.3 is 0 Å². The van der Waals surface area contributed by atoms with E-state index in [0.29, 0.717) is 12.8 Å². The Bertz CT molecular complexity index is 1070. The van der Waals surface area contributed by atoms with E-state index < -0.39 is 0 Å². The third kappa shape index (κ3) is 11.6. The maximum Gasteiger partial charge on any atom is 0.126 e. The second-order valence-corrected chi connectivity index (χ2v) is 8.50. The second-order valence-electron chi connectivity index (χ2n) is 8.50. The van der Waals surface area contributed by atoms with Crippen molar-refractivity contribution in [3.8, 4) is 0 Å². The number of pyridine rings is 1. The molecular weight excluding hydrogens is 441 g/mol. The van der Waals surface area contributed by atoms with E-state index in [0.717, 1.165) is 52.1 Å². The molecule has 0 saturated carbocycles. The summed E-state index contributed by atoms with van der Waals surface area (Å²) >= 11 is 0. The fraction of sp³-hybridized carbons (Fsp3) is 0.382. The van der Waals surface area contributed by atoms with Crippen molar-refractivity contribution in [3.63, 3.8) is 0 Å². The van der Waals surface area contributed by atoms with Crippen LogP contribution in [0.4, 0.5) is 4.39 Å². The number of halogens is 1. The van der Waals surface area contributed by atoms with Crippen LogP contribution in [0, 0.1) is 19.7 Å². The normalized spacial score (nSPS) is 11.7. The van der Waals surface area contributed by atoms with E-state index in [9.17, 15) is 4.39 Å². The predicted molar refractivity (Wildman–Crippen MR) is 160 cm³/mol. The number of aromatic nitrogens is 1. The molecule has 0 saturated heterocycles. The van der Waals surface area contributed by atoms with Crippen LogP contribution < -0.4 is 0 Å². The molecule has 0 fully saturated rings. The highest BCUT2D eigenvalue weighted by Gasteiger charge is 2.08. The standard InChI is InChI=1S/C30H36FN.2C2H6/c1-8-21(3)10-11-22(4)12-15-28-16-14-26(20-30(28)31)18-23(5)19-27(9-2)29-17-13-24(6)32-25(29)7;2*1-2/h8,10-11,13-14,16-17,19-20H,1,5,9,12,15,18H2,2-4,6-7H3;2*1-2H3/b21-10-,22-11+,27-19+;;. The highest BCUT2D eigenvalue weighted by atomic mass is 19.1. The molecule has 0 radical (unpaired) electrons. The van der Waals surface area contributed by atoms with Gasteiger partial charge in [0, 0.05) is 11.4 Å². The summed E-state index contributed by atoms with van der Waals surface area (Å²) in [5.41, 5.74) is 9.42. The summed E-state index contributed by atoms with van der Waals surface area (Å²) in [4.78, 5) is 4.58. The Kier molecular flexibility index (Phi) is 16.8. The molecule has 0 N–H and O–H groups in total. The van der Waals surface area contributed by atoms with Gasteiger partial charge in [0.2, 0.25) is 0 Å². The molecular formula is C34H48FN. The topological polar surface area (TPSA) is 12.9 Å². The lowest BCUT2D eigenvalue weighted by molar-refractivity contribution is 0.606. The predicted octanol–water partition coefficient (Wildman–Crippen LogP) is 10.5. The number of rotatable bonds is 10. The van der Waals surface area contributed by atoms with Crippen molar-refractivity contribution in [1.82, 2.24) is 4.98 Å². The van der Waals surface area contributed by atoms with E-state index in [1.165, 1.54) is 11.1 Å². The lowest BCUT2D eigenvalue weighted by Gasteiger charge is -2.11. The molecule has 2 aromatic rings. The van der Waals surface area contributed by atoms with Crippen LogP contribution in [0.2, 0.25) is 0 Å². The Morgan fingerprint density at radius 3 is 2.22 bits per heavy atom. The van der Waals surface area contributed by atoms with Gasteiger partial charge in [0.05, 0.1) is 0 Å². The average molecular weight is 490 g/mol. The van der Waals surface area contributed by atoms with Crippen molar-refractivity contribution in [2.24, 2.45) is 0 Å². The van der Waals surface area contributed by atoms with E-state index in [1.807, 2.05) is 78.8 Å². The van der Waals surface area contributed by atoms with Crippen molar-refractivity contribution in [2.75, 3.05) is 0 Å². The molecule has 0 spiro atoms. The molecule has 1 heterocycles. The Labute approximate surface area is 221 Å². The number of aryl methyl sites for hydroxylation is 3. The first kappa shape index (κ1) is 33.0. The maximum absolute atomic E-state index is 14.7. The molecule has 1 nitrogen and oxygen atoms in total. The molecule has 0 aliphatic carbocycles. The zero-order chi connectivity index (χ0) is 27.7. The zero-order valence-corrected chi connectivity index (χ0v) is 24.3. The lowest BCUT2D eigenvalue weighted by Crippen LogP contribution is -1.97. The number of hydrogen-bond acceptors (Lipinski definition) is 1. The number of benzene rings is 1. The monoisotopic (exact) mass is 489 g/mol. The van der Waals surface area contributed by atoms with Crippen LogP contribution in [0.1, 0.15) is 89.4 Å². The van der Waals surface area contributed by atoms with E-state index >= 15 is 0 Å². The van der Waals surface area contributed by atoms with Crippen LogP contribution in [0.5, 0.6) is 0 Å². The van der Waals surface area contributed by atoms with E-state index in [1.54, 1.807) is 6.07 Å². The van der Waals surface area contributed by atoms with Crippen molar-refractivity contribution in [1.29, 1.82) is 0 Å². The summed E-state index contributed by atoms with van der Waals surface area (Å²) in [6, 6.07) is 9.74. The summed E-state index contributed by atoms with van der Waals surface area (Å²) in [6.07, 6.45) is 11.1. The van der Waals surface area contributed by atoms with Crippen molar-refractivity contribution in [3.05, 3.63) is 118 Å². The van der Waals surface area contributed by atoms with Gasteiger partial charge in [-0.2, -0.15) is 0 Å². The molecule has 2 rings (SSSR count). The van der Waals surface area contributed by atoms with Gasteiger partial charge in [-0.15, -0.1) is 0 Å². The molecule has 196 valence electrons. The first-order chi connectivity index (χ1) is 17.2. The summed E-state index contributed by atoms with van der Waals surface area (Å²) < 4.78 is 14.7. The van der Waals surface area contributed by atoms with Gasteiger partial charge in [-0.3, -0.25) is 4.98 Å². The summed E-state index contributed by atoms with van der Waals surface area (Å²) in [5.74, 6) is -0.140. The van der Waals surface area contributed by atoms with Gasteiger partial charge in [-0.25, -0.2) is 4.39 Å². The van der Waals surface area contributed by atoms with Crippen LogP contribution in [0.15, 0.2) is 84.5 Å². The molecule has 0 aliphatic rings. The van der Waals surface area contributed by atoms with Crippen LogP contribution >= 0.6 is 0 Å². The van der Waals surface area contributed by atoms with E-state index in [4.69, 9.17) is 0 Å². The van der Waals surface area contributed by atoms with Gasteiger partial charge in [0.15, 0.2) is 0 Å². The Morgan fingerprint density at radius 2 is 1.67 bits per heavy atom. The van der Waals surface area contributed by atoms with Crippen LogP contribution in [0.25, 0.3) is 5.57 Å². The third-order valence-corrected chi connectivity index (χ3v) is 5.62. The van der Waals surface area contributed by atoms with Gasteiger partial charge in [0.1, 0.15) is 5.82 Å². The van der Waals surface area contributed by atoms with Crippen LogP contribution in [-0.4, -0.2) is 4.98 Å². The van der Waals surface area contributed by atoms with Crippen molar-refractivity contribution < 1.29 is 4.39 Å². The van der Waals surface area contributed by atoms with E-state index in [-0.39, 0.29) is 5.82 Å². The van der Waals surface area contributed by atoms with Gasteiger partial charge in [-0.05, 0) is 87.8 Å². The van der Waals surface area contributed by atoms with Crippen LogP contribution in [-0.2, 0) is 12.8 Å². The Balaban J connectivity index is 0.00000291. The number of allylic oxidation sites excluding steroid dienone is 8. The molecule has 2 heteroatoms. The minimum absolute atomic E-state index is 0.140. The molecule has 1 aromatic heterocycles. The number of nitrogens with zero attached hydrogens (tertiary/aromatic N) is 1. The molecule has 0 amide bonds. The summed E-state index contributed by atoms with van der Waals surface area (Å²) in [5, 5.41) is 0. The highest BCUT2D eigenvalue weighted by molar-refractivity contribution is 5.69. The van der Waals surface area contributed by atoms with Gasteiger partial charge in [-0.1, -0.05) is 107 Å². The summed E-state index contributed by atoms with van der Waals surface area (Å²) in [6.45, 7) is 26.2. The average Bonchev–Trinajstić information content (AvgIpc) is 2.88. The molecule has 0 atom stereocenters. The third-order valence-electron chi connectivity index (χ3n) is 5.62. The molecule has 0 aliphatic heterocycles. The lowest BCUT2D eigenvalue weighted by atomic mass is 9.96. The Morgan fingerprint density at radius 1 is 1.00 bits per heavy atom. The highest BCUT2D eigenvalue weighted by Crippen LogP contribution is 2.24. The maximum atomic E-state index is 14.7. The summed E-state index contributed by atoms with van der Waals surface area (Å²) in [7, 11) is 0. The fourth-order valence-corrected chi connectivity index (χ4v) is 3.62. The Hall–Kier alpha value is -3.00. The van der Waals surface area contributed by atoms with Gasteiger partial charge >= 0.3 is 0 Å². The molecule has 1 aromatic carbocycles. The van der Waals surface area contributed by atoms with Crippen LogP contribution in [0.3, 0.4) is 0 Å². The zero-order valence-electron chi connectivity index (χ0n) is 24.3. The minimum Gasteiger partial charge on any atom is -0.258 e. The largest absolute Gasteiger partial charge is 0.258 e. The molecule has 0 bridgehead atoms. The van der Waals surface area contributed by atoms with E-state index in [2.05, 4.69) is 50.2 Å². The first-order valence-electron chi connectivity index (χ1n) is 13.3. The molecule has 0 unspecified atom stereocenters. The van der Waals surface area contributed by atoms with Crippen molar-refractivity contribution in [2.45, 2.75) is 88.0 Å². The first-order valence-corrected chi connectivity index (χ1v) is 13.3. The fourth-order valence-electron chi connectivity index (χ4n) is 3.62. The quantitative estimate of drug-likeness (QED) is 0.302. The van der Waals surface area contributed by atoms with Gasteiger partial charge in [0.25, 0.3) is 0 Å². The van der Waals surface area contributed by atoms with Crippen molar-refractivity contribution >= 4 is 5.57 Å². The number of hydrogen-bond donors (Lipinski definition) is 0. The minimum atomic E-state index is -0.140. The smallest absolute Gasteiger partial charge is 0.126 e. The SMILES string of the molecule is C=C/C(C)=C\C=C(/C)CCc1ccc(CC(=C)/C=C(\CC)c2ccc(C)nc2C)cc1F.CC.CC. The molecule has 36 heavy (non-hydrogen) atoms.